The molecular weight excluding hydrogens is 242 g/mol. The normalized spacial score (nSPS) is 14.9. The summed E-state index contributed by atoms with van der Waals surface area (Å²) in [7, 11) is 0. The van der Waals surface area contributed by atoms with E-state index < -0.39 is 0 Å². The van der Waals surface area contributed by atoms with Crippen molar-refractivity contribution in [2.75, 3.05) is 26.2 Å². The molecule has 0 spiro atoms. The monoisotopic (exact) mass is 265 g/mol. The molecule has 0 atom stereocenters. The number of hydrogen-bond donors (Lipinski definition) is 2. The summed E-state index contributed by atoms with van der Waals surface area (Å²) in [5, 5.41) is 9.69. The minimum Gasteiger partial charge on any atom is -0.348 e. The highest BCUT2D eigenvalue weighted by Gasteiger charge is 2.28. The number of aromatic amines is 1. The Morgan fingerprint density at radius 1 is 1.42 bits per heavy atom. The maximum absolute atomic E-state index is 11.9. The molecule has 1 fully saturated rings. The third-order valence-electron chi connectivity index (χ3n) is 3.37. The summed E-state index contributed by atoms with van der Waals surface area (Å²) in [6.45, 7) is 7.88. The predicted molar refractivity (Wildman–Crippen MR) is 73.1 cm³/mol. The van der Waals surface area contributed by atoms with E-state index in [0.717, 1.165) is 44.7 Å². The smallest absolute Gasteiger partial charge is 0.291 e. The number of nitrogens with one attached hydrogen (secondary N) is 2. The van der Waals surface area contributed by atoms with Crippen molar-refractivity contribution in [3.8, 4) is 0 Å². The lowest BCUT2D eigenvalue weighted by Gasteiger charge is -2.19. The third kappa shape index (κ3) is 4.02. The van der Waals surface area contributed by atoms with E-state index in [1.54, 1.807) is 0 Å². The van der Waals surface area contributed by atoms with Crippen molar-refractivity contribution in [3.05, 3.63) is 11.6 Å². The number of aromatic nitrogens is 3. The summed E-state index contributed by atoms with van der Waals surface area (Å²) in [6.07, 6.45) is 3.44. The van der Waals surface area contributed by atoms with E-state index in [0.29, 0.717) is 12.5 Å². The van der Waals surface area contributed by atoms with Gasteiger partial charge in [0, 0.05) is 19.0 Å². The topological polar surface area (TPSA) is 73.9 Å². The number of H-pyrrole nitrogens is 1. The lowest BCUT2D eigenvalue weighted by atomic mass is 10.4. The van der Waals surface area contributed by atoms with Gasteiger partial charge in [0.05, 0.1) is 0 Å². The van der Waals surface area contributed by atoms with Crippen molar-refractivity contribution in [3.63, 3.8) is 0 Å². The fourth-order valence-electron chi connectivity index (χ4n) is 2.07. The van der Waals surface area contributed by atoms with Gasteiger partial charge in [-0.25, -0.2) is 4.98 Å². The number of carbonyl (C=O) groups excluding carboxylic acids is 1. The molecule has 19 heavy (non-hydrogen) atoms. The molecular formula is C13H23N5O. The highest BCUT2D eigenvalue weighted by atomic mass is 16.2. The average Bonchev–Trinajstić information content (AvgIpc) is 3.15. The van der Waals surface area contributed by atoms with Crippen LogP contribution in [-0.4, -0.2) is 52.2 Å². The summed E-state index contributed by atoms with van der Waals surface area (Å²) in [4.78, 5) is 18.4. The molecule has 2 N–H and O–H groups in total. The van der Waals surface area contributed by atoms with Crippen LogP contribution in [-0.2, 0) is 0 Å². The quantitative estimate of drug-likeness (QED) is 0.739. The summed E-state index contributed by atoms with van der Waals surface area (Å²) < 4.78 is 0. The molecule has 6 heteroatoms. The van der Waals surface area contributed by atoms with Crippen LogP contribution in [0.25, 0.3) is 0 Å². The fourth-order valence-corrected chi connectivity index (χ4v) is 2.07. The highest BCUT2D eigenvalue weighted by molar-refractivity contribution is 5.90. The molecule has 6 nitrogen and oxygen atoms in total. The molecule has 106 valence electrons. The molecule has 0 radical (unpaired) electrons. The second-order valence-corrected chi connectivity index (χ2v) is 5.01. The Kier molecular flexibility index (Phi) is 4.90. The second-order valence-electron chi connectivity index (χ2n) is 5.01. The minimum absolute atomic E-state index is 0.185. The predicted octanol–water partition coefficient (Wildman–Crippen LogP) is 1.14. The number of rotatable bonds is 8. The van der Waals surface area contributed by atoms with Gasteiger partial charge in [0.15, 0.2) is 0 Å². The zero-order valence-corrected chi connectivity index (χ0v) is 11.8. The third-order valence-corrected chi connectivity index (χ3v) is 3.37. The van der Waals surface area contributed by atoms with E-state index in [4.69, 9.17) is 0 Å². The number of amides is 1. The van der Waals surface area contributed by atoms with Crippen LogP contribution in [0, 0.1) is 0 Å². The van der Waals surface area contributed by atoms with Crippen LogP contribution in [0.1, 0.15) is 55.5 Å². The number of nitrogens with zero attached hydrogens (tertiary/aromatic N) is 3. The Bertz CT molecular complexity index is 413. The van der Waals surface area contributed by atoms with Gasteiger partial charge in [-0.15, -0.1) is 5.10 Å². The van der Waals surface area contributed by atoms with Crippen LogP contribution in [0.5, 0.6) is 0 Å². The van der Waals surface area contributed by atoms with Crippen LogP contribution in [0.4, 0.5) is 0 Å². The summed E-state index contributed by atoms with van der Waals surface area (Å²) in [6, 6.07) is 0. The standard InChI is InChI=1S/C13H23N5O/c1-3-8-18(4-2)9-7-14-13(19)12-15-11(16-17-12)10-5-6-10/h10H,3-9H2,1-2H3,(H,14,19)(H,15,16,17). The minimum atomic E-state index is -0.185. The number of hydrogen-bond acceptors (Lipinski definition) is 4. The second kappa shape index (κ2) is 6.65. The molecule has 0 aliphatic heterocycles. The van der Waals surface area contributed by atoms with Crippen molar-refractivity contribution in [1.82, 2.24) is 25.4 Å². The van der Waals surface area contributed by atoms with Crippen LogP contribution in [0.3, 0.4) is 0 Å². The van der Waals surface area contributed by atoms with E-state index in [-0.39, 0.29) is 11.7 Å². The summed E-state index contributed by atoms with van der Waals surface area (Å²) >= 11 is 0. The molecule has 1 saturated carbocycles. The lowest BCUT2D eigenvalue weighted by Crippen LogP contribution is -2.35. The van der Waals surface area contributed by atoms with Gasteiger partial charge < -0.3 is 10.2 Å². The fraction of sp³-hybridized carbons (Fsp3) is 0.769. The van der Waals surface area contributed by atoms with E-state index in [1.807, 2.05) is 0 Å². The summed E-state index contributed by atoms with van der Waals surface area (Å²) in [5.41, 5.74) is 0. The molecule has 1 aromatic heterocycles. The maximum Gasteiger partial charge on any atom is 0.291 e. The van der Waals surface area contributed by atoms with Crippen molar-refractivity contribution in [2.45, 2.75) is 39.0 Å². The Hall–Kier alpha value is -1.43. The Balaban J connectivity index is 1.73. The van der Waals surface area contributed by atoms with Gasteiger partial charge in [0.1, 0.15) is 5.82 Å². The zero-order valence-electron chi connectivity index (χ0n) is 11.8. The van der Waals surface area contributed by atoms with E-state index in [2.05, 4.69) is 39.2 Å². The maximum atomic E-state index is 11.9. The number of carbonyl (C=O) groups is 1. The molecule has 0 unspecified atom stereocenters. The van der Waals surface area contributed by atoms with Crippen LogP contribution in [0.15, 0.2) is 0 Å². The van der Waals surface area contributed by atoms with Crippen LogP contribution < -0.4 is 5.32 Å². The van der Waals surface area contributed by atoms with Crippen molar-refractivity contribution >= 4 is 5.91 Å². The Morgan fingerprint density at radius 3 is 2.84 bits per heavy atom. The molecule has 0 bridgehead atoms. The largest absolute Gasteiger partial charge is 0.348 e. The van der Waals surface area contributed by atoms with Gasteiger partial charge in [-0.05, 0) is 32.4 Å². The molecule has 1 amide bonds. The average molecular weight is 265 g/mol. The van der Waals surface area contributed by atoms with Gasteiger partial charge in [0.25, 0.3) is 5.91 Å². The van der Waals surface area contributed by atoms with E-state index in [1.165, 1.54) is 0 Å². The number of likely N-dealkylation sites (N-methyl/N-ethyl adjacent to an activating group) is 1. The lowest BCUT2D eigenvalue weighted by molar-refractivity contribution is 0.0938. The van der Waals surface area contributed by atoms with Crippen LogP contribution in [0.2, 0.25) is 0 Å². The first-order chi connectivity index (χ1) is 9.24. The first kappa shape index (κ1) is 14.0. The molecule has 1 aliphatic rings. The molecule has 1 aliphatic carbocycles. The van der Waals surface area contributed by atoms with Gasteiger partial charge >= 0.3 is 0 Å². The van der Waals surface area contributed by atoms with E-state index in [9.17, 15) is 4.79 Å². The first-order valence-electron chi connectivity index (χ1n) is 7.17. The van der Waals surface area contributed by atoms with Gasteiger partial charge in [-0.3, -0.25) is 9.89 Å². The molecule has 2 rings (SSSR count). The van der Waals surface area contributed by atoms with Gasteiger partial charge in [-0.2, -0.15) is 0 Å². The molecule has 0 aromatic carbocycles. The van der Waals surface area contributed by atoms with Gasteiger partial charge in [-0.1, -0.05) is 13.8 Å². The first-order valence-corrected chi connectivity index (χ1v) is 7.17. The van der Waals surface area contributed by atoms with Gasteiger partial charge in [0.2, 0.25) is 5.82 Å². The molecule has 0 saturated heterocycles. The molecule has 1 aromatic rings. The Morgan fingerprint density at radius 2 is 2.21 bits per heavy atom. The summed E-state index contributed by atoms with van der Waals surface area (Å²) in [5.74, 6) is 1.43. The Labute approximate surface area is 114 Å². The van der Waals surface area contributed by atoms with Crippen molar-refractivity contribution in [1.29, 1.82) is 0 Å². The van der Waals surface area contributed by atoms with Crippen molar-refractivity contribution in [2.24, 2.45) is 0 Å². The SMILES string of the molecule is CCCN(CC)CCNC(=O)c1n[nH]c(C2CC2)n1. The van der Waals surface area contributed by atoms with Crippen LogP contribution >= 0.6 is 0 Å². The zero-order chi connectivity index (χ0) is 13.7. The van der Waals surface area contributed by atoms with Crippen molar-refractivity contribution < 1.29 is 4.79 Å². The highest BCUT2D eigenvalue weighted by Crippen LogP contribution is 2.37. The van der Waals surface area contributed by atoms with E-state index >= 15 is 0 Å². The molecule has 1 heterocycles.